The van der Waals surface area contributed by atoms with E-state index in [-0.39, 0.29) is 37.4 Å². The Morgan fingerprint density at radius 1 is 1.07 bits per heavy atom. The van der Waals surface area contributed by atoms with Gasteiger partial charge < -0.3 is 9.47 Å². The van der Waals surface area contributed by atoms with Gasteiger partial charge in [-0.15, -0.1) is 0 Å². The van der Waals surface area contributed by atoms with Crippen molar-refractivity contribution in [2.45, 2.75) is 19.5 Å². The van der Waals surface area contributed by atoms with Crippen molar-refractivity contribution in [3.8, 4) is 11.5 Å². The summed E-state index contributed by atoms with van der Waals surface area (Å²) in [6, 6.07) is 6.66. The smallest absolute Gasteiger partial charge is 0.244 e. The lowest BCUT2D eigenvalue weighted by Gasteiger charge is -2.23. The van der Waals surface area contributed by atoms with Crippen LogP contribution >= 0.6 is 0 Å². The van der Waals surface area contributed by atoms with E-state index in [0.29, 0.717) is 5.56 Å². The third-order valence-corrected chi connectivity index (χ3v) is 4.13. The average molecular weight is 398 g/mol. The van der Waals surface area contributed by atoms with Crippen LogP contribution in [0.2, 0.25) is 0 Å². The second kappa shape index (κ2) is 9.95. The highest BCUT2D eigenvalue weighted by molar-refractivity contribution is 5.74. The molecule has 0 saturated carbocycles. The molecule has 0 bridgehead atoms. The van der Waals surface area contributed by atoms with Gasteiger partial charge in [0.1, 0.15) is 0 Å². The molecule has 0 fully saturated rings. The number of hydrogen-bond donors (Lipinski definition) is 2. The number of nitrogens with one attached hydrogen (secondary N) is 1. The molecule has 28 heavy (non-hydrogen) atoms. The fourth-order valence-electron chi connectivity index (χ4n) is 2.71. The Morgan fingerprint density at radius 3 is 2.43 bits per heavy atom. The molecule has 1 amide bonds. The van der Waals surface area contributed by atoms with Crippen molar-refractivity contribution in [3.05, 3.63) is 58.9 Å². The molecule has 0 saturated heterocycles. The molecule has 0 aliphatic carbocycles. The van der Waals surface area contributed by atoms with Crippen LogP contribution in [0, 0.1) is 17.5 Å². The zero-order valence-corrected chi connectivity index (χ0v) is 15.5. The summed E-state index contributed by atoms with van der Waals surface area (Å²) in [6.07, 6.45) is -0.0607. The number of hydroxylamine groups is 1. The average Bonchev–Trinajstić information content (AvgIpc) is 2.69. The molecule has 0 aromatic heterocycles. The zero-order valence-electron chi connectivity index (χ0n) is 15.5. The third-order valence-electron chi connectivity index (χ3n) is 4.13. The summed E-state index contributed by atoms with van der Waals surface area (Å²) in [5.41, 5.74) is 2.36. The number of hydrogen-bond acceptors (Lipinski definition) is 5. The lowest BCUT2D eigenvalue weighted by atomic mass is 10.1. The van der Waals surface area contributed by atoms with Crippen molar-refractivity contribution in [1.29, 1.82) is 0 Å². The van der Waals surface area contributed by atoms with E-state index in [1.54, 1.807) is 11.0 Å². The van der Waals surface area contributed by atoms with Gasteiger partial charge in [0.25, 0.3) is 0 Å². The van der Waals surface area contributed by atoms with Gasteiger partial charge in [-0.2, -0.15) is 0 Å². The molecule has 0 aliphatic rings. The zero-order chi connectivity index (χ0) is 20.7. The fraction of sp³-hybridized carbons (Fsp3) is 0.316. The molecular formula is C19H21F3N2O4. The number of methoxy groups -OCH3 is 2. The predicted molar refractivity (Wildman–Crippen MR) is 94.5 cm³/mol. The lowest BCUT2D eigenvalue weighted by Crippen LogP contribution is -2.29. The van der Waals surface area contributed by atoms with Crippen molar-refractivity contribution < 1.29 is 32.6 Å². The van der Waals surface area contributed by atoms with E-state index in [9.17, 15) is 18.0 Å². The highest BCUT2D eigenvalue weighted by Crippen LogP contribution is 2.26. The molecule has 152 valence electrons. The summed E-state index contributed by atoms with van der Waals surface area (Å²) >= 11 is 0. The minimum Gasteiger partial charge on any atom is -0.494 e. The molecule has 2 aromatic rings. The molecule has 2 N–H and O–H groups in total. The van der Waals surface area contributed by atoms with Crippen LogP contribution in [-0.4, -0.2) is 36.8 Å². The SMILES string of the molecule is COc1cc(CN(CCC(=O)NO)Cc2ccc(F)c(OC)c2F)ccc1F. The Hall–Kier alpha value is -2.78. The minimum absolute atomic E-state index is 0.0286. The standard InChI is InChI=1S/C19H21F3N2O4/c1-27-16-9-12(3-5-14(16)20)10-24(8-7-17(25)23-26)11-13-4-6-15(21)19(28-2)18(13)22/h3-6,9,26H,7-8,10-11H2,1-2H3,(H,23,25). The number of rotatable bonds is 9. The molecule has 2 aromatic carbocycles. The van der Waals surface area contributed by atoms with E-state index >= 15 is 0 Å². The first-order valence-corrected chi connectivity index (χ1v) is 8.38. The van der Waals surface area contributed by atoms with Gasteiger partial charge in [0, 0.05) is 31.6 Å². The number of carbonyl (C=O) groups excluding carboxylic acids is 1. The van der Waals surface area contributed by atoms with E-state index in [0.717, 1.165) is 6.07 Å². The van der Waals surface area contributed by atoms with Crippen molar-refractivity contribution >= 4 is 5.91 Å². The molecule has 2 rings (SSSR count). The molecule has 0 atom stereocenters. The topological polar surface area (TPSA) is 71.0 Å². The molecule has 6 nitrogen and oxygen atoms in total. The van der Waals surface area contributed by atoms with Crippen molar-refractivity contribution in [2.24, 2.45) is 0 Å². The molecular weight excluding hydrogens is 377 g/mol. The summed E-state index contributed by atoms with van der Waals surface area (Å²) in [5.74, 6) is -3.23. The van der Waals surface area contributed by atoms with Gasteiger partial charge >= 0.3 is 0 Å². The Morgan fingerprint density at radius 2 is 1.79 bits per heavy atom. The van der Waals surface area contributed by atoms with Gasteiger partial charge in [-0.3, -0.25) is 14.9 Å². The first-order chi connectivity index (χ1) is 13.4. The molecule has 0 unspecified atom stereocenters. The minimum atomic E-state index is -0.837. The molecule has 0 aliphatic heterocycles. The number of halogens is 3. The highest BCUT2D eigenvalue weighted by Gasteiger charge is 2.18. The largest absolute Gasteiger partial charge is 0.494 e. The van der Waals surface area contributed by atoms with Crippen molar-refractivity contribution in [3.63, 3.8) is 0 Å². The summed E-state index contributed by atoms with van der Waals surface area (Å²) in [5, 5.41) is 8.67. The first kappa shape index (κ1) is 21.5. The predicted octanol–water partition coefficient (Wildman–Crippen LogP) is 3.02. The van der Waals surface area contributed by atoms with E-state index < -0.39 is 29.1 Å². The number of ether oxygens (including phenoxy) is 2. The Bertz CT molecular complexity index is 833. The number of amides is 1. The Balaban J connectivity index is 2.25. The number of benzene rings is 2. The monoisotopic (exact) mass is 398 g/mol. The molecule has 0 heterocycles. The van der Waals surface area contributed by atoms with Gasteiger partial charge in [0.05, 0.1) is 14.2 Å². The second-order valence-corrected chi connectivity index (χ2v) is 6.02. The van der Waals surface area contributed by atoms with Crippen LogP contribution in [-0.2, 0) is 17.9 Å². The van der Waals surface area contributed by atoms with Crippen LogP contribution in [0.3, 0.4) is 0 Å². The Kier molecular flexibility index (Phi) is 7.65. The van der Waals surface area contributed by atoms with Crippen LogP contribution in [0.1, 0.15) is 17.5 Å². The van der Waals surface area contributed by atoms with Gasteiger partial charge in [0.2, 0.25) is 5.91 Å². The van der Waals surface area contributed by atoms with Gasteiger partial charge in [-0.1, -0.05) is 12.1 Å². The van der Waals surface area contributed by atoms with Gasteiger partial charge in [0.15, 0.2) is 29.0 Å². The van der Waals surface area contributed by atoms with Crippen LogP contribution in [0.4, 0.5) is 13.2 Å². The summed E-state index contributed by atoms with van der Waals surface area (Å²) in [6.45, 7) is 0.417. The number of carbonyl (C=O) groups is 1. The first-order valence-electron chi connectivity index (χ1n) is 8.38. The summed E-state index contributed by atoms with van der Waals surface area (Å²) in [7, 11) is 2.51. The summed E-state index contributed by atoms with van der Waals surface area (Å²) in [4.78, 5) is 13.1. The van der Waals surface area contributed by atoms with Crippen LogP contribution < -0.4 is 15.0 Å². The quantitative estimate of drug-likeness (QED) is 0.502. The van der Waals surface area contributed by atoms with E-state index in [2.05, 4.69) is 0 Å². The van der Waals surface area contributed by atoms with Crippen molar-refractivity contribution in [1.82, 2.24) is 10.4 Å². The van der Waals surface area contributed by atoms with E-state index in [4.69, 9.17) is 14.7 Å². The maximum atomic E-state index is 14.5. The third kappa shape index (κ3) is 5.37. The maximum Gasteiger partial charge on any atom is 0.244 e. The highest BCUT2D eigenvalue weighted by atomic mass is 19.1. The molecule has 0 radical (unpaired) electrons. The van der Waals surface area contributed by atoms with Crippen LogP contribution in [0.15, 0.2) is 30.3 Å². The molecule has 0 spiro atoms. The number of nitrogens with zero attached hydrogens (tertiary/aromatic N) is 1. The normalized spacial score (nSPS) is 10.8. The molecule has 9 heteroatoms. The summed E-state index contributed by atoms with van der Waals surface area (Å²) < 4.78 is 51.4. The maximum absolute atomic E-state index is 14.5. The van der Waals surface area contributed by atoms with Crippen LogP contribution in [0.5, 0.6) is 11.5 Å². The van der Waals surface area contributed by atoms with E-state index in [1.165, 1.54) is 37.9 Å². The van der Waals surface area contributed by atoms with Gasteiger partial charge in [-0.25, -0.2) is 18.7 Å². The van der Waals surface area contributed by atoms with Gasteiger partial charge in [-0.05, 0) is 23.8 Å². The Labute approximate surface area is 160 Å². The lowest BCUT2D eigenvalue weighted by molar-refractivity contribution is -0.129. The second-order valence-electron chi connectivity index (χ2n) is 6.02. The fourth-order valence-corrected chi connectivity index (χ4v) is 2.71. The van der Waals surface area contributed by atoms with Crippen LogP contribution in [0.25, 0.3) is 0 Å². The van der Waals surface area contributed by atoms with Crippen molar-refractivity contribution in [2.75, 3.05) is 20.8 Å². The van der Waals surface area contributed by atoms with E-state index in [1.807, 2.05) is 0 Å².